The summed E-state index contributed by atoms with van der Waals surface area (Å²) in [6.45, 7) is 7.85. The van der Waals surface area contributed by atoms with E-state index in [1.54, 1.807) is 17.0 Å². The first-order valence-corrected chi connectivity index (χ1v) is 12.7. The molecule has 2 N–H and O–H groups in total. The van der Waals surface area contributed by atoms with Crippen LogP contribution < -0.4 is 10.6 Å². The SMILES string of the molecule is CC(C)(C)c1ccc(C(=O)N2CCN(C(=O)Nc3ccc(F)cc3)CC2C(=O)NCC2CCCO2)cc1. The Bertz CT molecular complexity index is 1110. The third-order valence-electron chi connectivity index (χ3n) is 6.85. The first-order chi connectivity index (χ1) is 17.6. The molecule has 0 bridgehead atoms. The largest absolute Gasteiger partial charge is 0.376 e. The number of urea groups is 1. The Balaban J connectivity index is 1.49. The monoisotopic (exact) mass is 510 g/mol. The molecule has 37 heavy (non-hydrogen) atoms. The number of halogens is 1. The molecule has 2 unspecified atom stereocenters. The van der Waals surface area contributed by atoms with Crippen molar-refractivity contribution < 1.29 is 23.5 Å². The number of hydrogen-bond donors (Lipinski definition) is 2. The lowest BCUT2D eigenvalue weighted by atomic mass is 9.86. The van der Waals surface area contributed by atoms with Gasteiger partial charge in [0.05, 0.1) is 12.6 Å². The van der Waals surface area contributed by atoms with Crippen molar-refractivity contribution in [1.29, 1.82) is 0 Å². The van der Waals surface area contributed by atoms with Crippen molar-refractivity contribution in [3.05, 3.63) is 65.5 Å². The fourth-order valence-corrected chi connectivity index (χ4v) is 4.59. The quantitative estimate of drug-likeness (QED) is 0.641. The second-order valence-corrected chi connectivity index (χ2v) is 10.6. The summed E-state index contributed by atoms with van der Waals surface area (Å²) in [4.78, 5) is 42.8. The van der Waals surface area contributed by atoms with Crippen LogP contribution in [0.15, 0.2) is 48.5 Å². The summed E-state index contributed by atoms with van der Waals surface area (Å²) in [6.07, 6.45) is 1.79. The van der Waals surface area contributed by atoms with Gasteiger partial charge in [0, 0.05) is 37.5 Å². The number of ether oxygens (including phenoxy) is 1. The molecule has 2 atom stereocenters. The van der Waals surface area contributed by atoms with Gasteiger partial charge in [-0.25, -0.2) is 9.18 Å². The number of carbonyl (C=O) groups excluding carboxylic acids is 3. The third-order valence-corrected chi connectivity index (χ3v) is 6.85. The highest BCUT2D eigenvalue weighted by Crippen LogP contribution is 2.24. The van der Waals surface area contributed by atoms with Gasteiger partial charge >= 0.3 is 6.03 Å². The van der Waals surface area contributed by atoms with Crippen molar-refractivity contribution in [2.45, 2.75) is 51.2 Å². The molecule has 4 amide bonds. The van der Waals surface area contributed by atoms with E-state index in [4.69, 9.17) is 4.74 Å². The first kappa shape index (κ1) is 26.6. The molecule has 0 aromatic heterocycles. The van der Waals surface area contributed by atoms with E-state index < -0.39 is 17.9 Å². The molecule has 9 heteroatoms. The van der Waals surface area contributed by atoms with E-state index in [-0.39, 0.29) is 43.0 Å². The summed E-state index contributed by atoms with van der Waals surface area (Å²) in [7, 11) is 0. The molecule has 0 saturated carbocycles. The van der Waals surface area contributed by atoms with Crippen LogP contribution in [0.25, 0.3) is 0 Å². The van der Waals surface area contributed by atoms with Crippen LogP contribution in [-0.4, -0.2) is 72.6 Å². The van der Waals surface area contributed by atoms with Crippen molar-refractivity contribution >= 4 is 23.5 Å². The number of rotatable bonds is 5. The summed E-state index contributed by atoms with van der Waals surface area (Å²) in [5, 5.41) is 5.65. The Hall–Kier alpha value is -3.46. The van der Waals surface area contributed by atoms with Gasteiger partial charge in [-0.15, -0.1) is 0 Å². The Morgan fingerprint density at radius 2 is 1.73 bits per heavy atom. The Kier molecular flexibility index (Phi) is 8.12. The number of benzene rings is 2. The maximum atomic E-state index is 13.5. The van der Waals surface area contributed by atoms with Crippen molar-refractivity contribution in [2.75, 3.05) is 38.1 Å². The van der Waals surface area contributed by atoms with Crippen LogP contribution in [0.3, 0.4) is 0 Å². The van der Waals surface area contributed by atoms with Crippen molar-refractivity contribution in [3.8, 4) is 0 Å². The fraction of sp³-hybridized carbons (Fsp3) is 0.464. The second-order valence-electron chi connectivity index (χ2n) is 10.6. The Labute approximate surface area is 217 Å². The number of nitrogens with one attached hydrogen (secondary N) is 2. The molecule has 8 nitrogen and oxygen atoms in total. The highest BCUT2D eigenvalue weighted by Gasteiger charge is 2.37. The number of carbonyl (C=O) groups is 3. The predicted octanol–water partition coefficient (Wildman–Crippen LogP) is 3.78. The number of nitrogens with zero attached hydrogens (tertiary/aromatic N) is 2. The minimum Gasteiger partial charge on any atom is -0.376 e. The minimum atomic E-state index is -0.857. The van der Waals surface area contributed by atoms with Gasteiger partial charge in [-0.1, -0.05) is 32.9 Å². The lowest BCUT2D eigenvalue weighted by Gasteiger charge is -2.40. The molecule has 2 aliphatic rings. The smallest absolute Gasteiger partial charge is 0.321 e. The van der Waals surface area contributed by atoms with Gasteiger partial charge in [0.15, 0.2) is 0 Å². The number of amides is 4. The zero-order valence-corrected chi connectivity index (χ0v) is 21.6. The van der Waals surface area contributed by atoms with Crippen molar-refractivity contribution in [1.82, 2.24) is 15.1 Å². The average molecular weight is 511 g/mol. The molecule has 2 saturated heterocycles. The van der Waals surface area contributed by atoms with E-state index in [0.29, 0.717) is 24.4 Å². The highest BCUT2D eigenvalue weighted by atomic mass is 19.1. The van der Waals surface area contributed by atoms with E-state index in [0.717, 1.165) is 18.4 Å². The molecule has 198 valence electrons. The lowest BCUT2D eigenvalue weighted by molar-refractivity contribution is -0.127. The third kappa shape index (κ3) is 6.65. The molecule has 2 heterocycles. The van der Waals surface area contributed by atoms with Crippen LogP contribution in [-0.2, 0) is 14.9 Å². The van der Waals surface area contributed by atoms with E-state index in [1.807, 2.05) is 12.1 Å². The standard InChI is InChI=1S/C28H35FN4O4/c1-28(2,3)20-8-6-19(7-9-20)26(35)33-15-14-32(27(36)31-22-12-10-21(29)11-13-22)18-24(33)25(34)30-17-23-5-4-16-37-23/h6-13,23-24H,4-5,14-18H2,1-3H3,(H,30,34)(H,31,36). The highest BCUT2D eigenvalue weighted by molar-refractivity contribution is 5.98. The molecular formula is C28H35FN4O4. The van der Waals surface area contributed by atoms with Gasteiger partial charge in [-0.3, -0.25) is 9.59 Å². The summed E-state index contributed by atoms with van der Waals surface area (Å²) < 4.78 is 18.8. The average Bonchev–Trinajstić information content (AvgIpc) is 3.41. The minimum absolute atomic E-state index is 0.0379. The number of piperazine rings is 1. The molecule has 2 fully saturated rings. The van der Waals surface area contributed by atoms with Gasteiger partial charge in [0.1, 0.15) is 11.9 Å². The fourth-order valence-electron chi connectivity index (χ4n) is 4.59. The Morgan fingerprint density at radius 3 is 2.35 bits per heavy atom. The van der Waals surface area contributed by atoms with Gasteiger partial charge in [0.2, 0.25) is 5.91 Å². The van der Waals surface area contributed by atoms with Crippen molar-refractivity contribution in [2.24, 2.45) is 0 Å². The van der Waals surface area contributed by atoms with E-state index >= 15 is 0 Å². The van der Waals surface area contributed by atoms with Crippen LogP contribution in [0.1, 0.15) is 49.5 Å². The van der Waals surface area contributed by atoms with Gasteiger partial charge in [-0.05, 0) is 60.2 Å². The summed E-state index contributed by atoms with van der Waals surface area (Å²) in [6, 6.07) is 11.7. The maximum absolute atomic E-state index is 13.5. The van der Waals surface area contributed by atoms with Crippen LogP contribution in [0.5, 0.6) is 0 Å². The van der Waals surface area contributed by atoms with Gasteiger partial charge in [-0.2, -0.15) is 0 Å². The van der Waals surface area contributed by atoms with Gasteiger partial charge in [0.25, 0.3) is 5.91 Å². The molecule has 0 spiro atoms. The molecule has 4 rings (SSSR count). The second kappa shape index (κ2) is 11.3. The topological polar surface area (TPSA) is 91.0 Å². The number of anilines is 1. The number of hydrogen-bond acceptors (Lipinski definition) is 4. The molecule has 0 radical (unpaired) electrons. The Morgan fingerprint density at radius 1 is 1.03 bits per heavy atom. The van der Waals surface area contributed by atoms with E-state index in [2.05, 4.69) is 31.4 Å². The van der Waals surface area contributed by atoms with E-state index in [1.165, 1.54) is 29.2 Å². The van der Waals surface area contributed by atoms with Crippen LogP contribution in [0.2, 0.25) is 0 Å². The molecule has 0 aliphatic carbocycles. The normalized spacial score (nSPS) is 20.0. The first-order valence-electron chi connectivity index (χ1n) is 12.7. The predicted molar refractivity (Wildman–Crippen MR) is 139 cm³/mol. The van der Waals surface area contributed by atoms with Crippen LogP contribution in [0.4, 0.5) is 14.9 Å². The van der Waals surface area contributed by atoms with Gasteiger partial charge < -0.3 is 25.2 Å². The summed E-state index contributed by atoms with van der Waals surface area (Å²) >= 11 is 0. The lowest BCUT2D eigenvalue weighted by Crippen LogP contribution is -2.62. The zero-order valence-electron chi connectivity index (χ0n) is 21.6. The van der Waals surface area contributed by atoms with E-state index in [9.17, 15) is 18.8 Å². The molecule has 2 aliphatic heterocycles. The maximum Gasteiger partial charge on any atom is 0.321 e. The zero-order chi connectivity index (χ0) is 26.6. The van der Waals surface area contributed by atoms with Crippen LogP contribution in [0, 0.1) is 5.82 Å². The molecule has 2 aromatic carbocycles. The summed E-state index contributed by atoms with van der Waals surface area (Å²) in [5.41, 5.74) is 2.00. The van der Waals surface area contributed by atoms with Crippen molar-refractivity contribution in [3.63, 3.8) is 0 Å². The van der Waals surface area contributed by atoms with Crippen LogP contribution >= 0.6 is 0 Å². The summed E-state index contributed by atoms with van der Waals surface area (Å²) in [5.74, 6) is -0.977. The molecule has 2 aromatic rings. The molecular weight excluding hydrogens is 475 g/mol.